The summed E-state index contributed by atoms with van der Waals surface area (Å²) in [6.45, 7) is 0.409. The minimum absolute atomic E-state index is 0.341. The van der Waals surface area contributed by atoms with Crippen molar-refractivity contribution >= 4 is 35.1 Å². The summed E-state index contributed by atoms with van der Waals surface area (Å²) in [5, 5.41) is 10.5. The molecule has 170 valence electrons. The standard InChI is InChI=1S/C26H23Cl2NO4/c27-20-11-9-18(10-12-20)24-25(19-7-4-8-21(28)15-19)33-22(16-23(30)31)26(32)29(24)14-13-17-5-2-1-3-6-17/h1-12,15,22,24-25H,13-14,16H2,(H,30,31)/t22-,24-,25-/m1/s1. The number of benzene rings is 3. The summed E-state index contributed by atoms with van der Waals surface area (Å²) in [7, 11) is 0. The van der Waals surface area contributed by atoms with Gasteiger partial charge in [-0.15, -0.1) is 0 Å². The molecule has 0 spiro atoms. The van der Waals surface area contributed by atoms with Crippen LogP contribution in [0.1, 0.15) is 35.3 Å². The summed E-state index contributed by atoms with van der Waals surface area (Å²) in [6.07, 6.45) is -1.47. The number of hydrogen-bond acceptors (Lipinski definition) is 3. The molecule has 1 N–H and O–H groups in total. The van der Waals surface area contributed by atoms with Gasteiger partial charge in [-0.3, -0.25) is 9.59 Å². The molecule has 4 rings (SSSR count). The second-order valence-electron chi connectivity index (χ2n) is 7.96. The van der Waals surface area contributed by atoms with Crippen LogP contribution in [0.25, 0.3) is 0 Å². The fraction of sp³-hybridized carbons (Fsp3) is 0.231. The summed E-state index contributed by atoms with van der Waals surface area (Å²) in [5.41, 5.74) is 2.70. The first kappa shape index (κ1) is 23.3. The van der Waals surface area contributed by atoms with Gasteiger partial charge in [-0.2, -0.15) is 0 Å². The molecule has 0 bridgehead atoms. The van der Waals surface area contributed by atoms with Crippen LogP contribution < -0.4 is 0 Å². The topological polar surface area (TPSA) is 66.8 Å². The van der Waals surface area contributed by atoms with Crippen LogP contribution in [-0.4, -0.2) is 34.5 Å². The SMILES string of the molecule is O=C(O)C[C@H]1O[C@H](c2cccc(Cl)c2)[C@@H](c2ccc(Cl)cc2)N(CCc2ccccc2)C1=O. The first-order chi connectivity index (χ1) is 15.9. The van der Waals surface area contributed by atoms with Crippen molar-refractivity contribution in [2.75, 3.05) is 6.54 Å². The van der Waals surface area contributed by atoms with Gasteiger partial charge in [0.1, 0.15) is 12.2 Å². The van der Waals surface area contributed by atoms with Crippen molar-refractivity contribution in [3.63, 3.8) is 0 Å². The number of halogens is 2. The van der Waals surface area contributed by atoms with Crippen LogP contribution in [-0.2, 0) is 20.7 Å². The Labute approximate surface area is 202 Å². The van der Waals surface area contributed by atoms with E-state index in [9.17, 15) is 14.7 Å². The molecule has 1 saturated heterocycles. The zero-order chi connectivity index (χ0) is 23.4. The highest BCUT2D eigenvalue weighted by Gasteiger charge is 2.44. The highest BCUT2D eigenvalue weighted by molar-refractivity contribution is 6.30. The van der Waals surface area contributed by atoms with Gasteiger partial charge < -0.3 is 14.7 Å². The van der Waals surface area contributed by atoms with Gasteiger partial charge in [0.15, 0.2) is 0 Å². The molecule has 0 aliphatic carbocycles. The third-order valence-electron chi connectivity index (χ3n) is 5.72. The summed E-state index contributed by atoms with van der Waals surface area (Å²) in [4.78, 5) is 26.7. The molecular formula is C26H23Cl2NO4. The van der Waals surface area contributed by atoms with E-state index in [1.165, 1.54) is 0 Å². The lowest BCUT2D eigenvalue weighted by molar-refractivity contribution is -0.178. The number of morpholine rings is 1. The van der Waals surface area contributed by atoms with Crippen LogP contribution in [0.2, 0.25) is 10.0 Å². The van der Waals surface area contributed by atoms with Gasteiger partial charge in [0.25, 0.3) is 5.91 Å². The minimum Gasteiger partial charge on any atom is -0.481 e. The third-order valence-corrected chi connectivity index (χ3v) is 6.21. The lowest BCUT2D eigenvalue weighted by Crippen LogP contribution is -2.52. The summed E-state index contributed by atoms with van der Waals surface area (Å²) < 4.78 is 6.17. The van der Waals surface area contributed by atoms with Crippen molar-refractivity contribution in [1.82, 2.24) is 4.90 Å². The van der Waals surface area contributed by atoms with Gasteiger partial charge in [0.2, 0.25) is 0 Å². The van der Waals surface area contributed by atoms with E-state index in [2.05, 4.69) is 0 Å². The van der Waals surface area contributed by atoms with Crippen molar-refractivity contribution in [3.05, 3.63) is 106 Å². The number of rotatable bonds is 7. The summed E-state index contributed by atoms with van der Waals surface area (Å²) >= 11 is 12.4. The number of amides is 1. The minimum atomic E-state index is -1.09. The predicted molar refractivity (Wildman–Crippen MR) is 127 cm³/mol. The van der Waals surface area contributed by atoms with Gasteiger partial charge in [-0.25, -0.2) is 0 Å². The van der Waals surface area contributed by atoms with E-state index in [4.69, 9.17) is 27.9 Å². The summed E-state index contributed by atoms with van der Waals surface area (Å²) in [6, 6.07) is 23.9. The molecule has 3 aromatic carbocycles. The van der Waals surface area contributed by atoms with Gasteiger partial charge in [0, 0.05) is 16.6 Å². The van der Waals surface area contributed by atoms with E-state index in [-0.39, 0.29) is 5.91 Å². The Balaban J connectivity index is 1.77. The predicted octanol–water partition coefficient (Wildman–Crippen LogP) is 5.72. The van der Waals surface area contributed by atoms with Crippen LogP contribution in [0, 0.1) is 0 Å². The van der Waals surface area contributed by atoms with Gasteiger partial charge in [-0.05, 0) is 47.4 Å². The molecule has 1 aliphatic heterocycles. The Morgan fingerprint density at radius 1 is 0.909 bits per heavy atom. The number of carbonyl (C=O) groups is 2. The number of hydrogen-bond donors (Lipinski definition) is 1. The molecule has 5 nitrogen and oxygen atoms in total. The van der Waals surface area contributed by atoms with Crippen LogP contribution in [0.15, 0.2) is 78.9 Å². The van der Waals surface area contributed by atoms with Crippen LogP contribution in [0.4, 0.5) is 0 Å². The van der Waals surface area contributed by atoms with E-state index >= 15 is 0 Å². The zero-order valence-corrected chi connectivity index (χ0v) is 19.2. The van der Waals surface area contributed by atoms with Gasteiger partial charge in [0.05, 0.1) is 12.5 Å². The largest absolute Gasteiger partial charge is 0.481 e. The molecule has 0 radical (unpaired) electrons. The first-order valence-electron chi connectivity index (χ1n) is 10.6. The van der Waals surface area contributed by atoms with Crippen molar-refractivity contribution in [2.24, 2.45) is 0 Å². The molecule has 1 heterocycles. The molecule has 33 heavy (non-hydrogen) atoms. The van der Waals surface area contributed by atoms with Crippen molar-refractivity contribution in [2.45, 2.75) is 31.1 Å². The maximum Gasteiger partial charge on any atom is 0.306 e. The monoisotopic (exact) mass is 483 g/mol. The Morgan fingerprint density at radius 3 is 2.30 bits per heavy atom. The third kappa shape index (κ3) is 5.56. The van der Waals surface area contributed by atoms with Crippen LogP contribution in [0.3, 0.4) is 0 Å². The van der Waals surface area contributed by atoms with E-state index < -0.39 is 30.6 Å². The molecule has 0 unspecified atom stereocenters. The fourth-order valence-electron chi connectivity index (χ4n) is 4.19. The molecular weight excluding hydrogens is 461 g/mol. The maximum atomic E-state index is 13.5. The van der Waals surface area contributed by atoms with Crippen LogP contribution >= 0.6 is 23.2 Å². The summed E-state index contributed by atoms with van der Waals surface area (Å²) in [5.74, 6) is -1.43. The number of carboxylic acids is 1. The molecule has 1 amide bonds. The quantitative estimate of drug-likeness (QED) is 0.466. The Morgan fingerprint density at radius 2 is 1.64 bits per heavy atom. The van der Waals surface area contributed by atoms with E-state index in [0.717, 1.165) is 16.7 Å². The van der Waals surface area contributed by atoms with Gasteiger partial charge >= 0.3 is 5.97 Å². The Bertz CT molecular complexity index is 1120. The number of aliphatic carboxylic acids is 1. The Kier molecular flexibility index (Phi) is 7.33. The van der Waals surface area contributed by atoms with Gasteiger partial charge in [-0.1, -0.05) is 77.8 Å². The lowest BCUT2D eigenvalue weighted by atomic mass is 9.91. The van der Waals surface area contributed by atoms with Crippen molar-refractivity contribution < 1.29 is 19.4 Å². The molecule has 1 fully saturated rings. The molecule has 3 aromatic rings. The highest BCUT2D eigenvalue weighted by atomic mass is 35.5. The Hall–Kier alpha value is -2.86. The van der Waals surface area contributed by atoms with E-state index in [0.29, 0.717) is 23.0 Å². The molecule has 0 aromatic heterocycles. The molecule has 0 saturated carbocycles. The maximum absolute atomic E-state index is 13.5. The number of nitrogens with zero attached hydrogens (tertiary/aromatic N) is 1. The molecule has 7 heteroatoms. The highest BCUT2D eigenvalue weighted by Crippen LogP contribution is 2.43. The van der Waals surface area contributed by atoms with Crippen molar-refractivity contribution in [1.29, 1.82) is 0 Å². The number of carbonyl (C=O) groups excluding carboxylic acids is 1. The normalized spacial score (nSPS) is 20.6. The molecule has 3 atom stereocenters. The molecule has 1 aliphatic rings. The first-order valence-corrected chi connectivity index (χ1v) is 11.4. The van der Waals surface area contributed by atoms with E-state index in [1.54, 1.807) is 29.2 Å². The number of ether oxygens (including phenoxy) is 1. The fourth-order valence-corrected chi connectivity index (χ4v) is 4.52. The van der Waals surface area contributed by atoms with E-state index in [1.807, 2.05) is 54.6 Å². The second-order valence-corrected chi connectivity index (χ2v) is 8.83. The van der Waals surface area contributed by atoms with Crippen molar-refractivity contribution in [3.8, 4) is 0 Å². The van der Waals surface area contributed by atoms with Crippen LogP contribution in [0.5, 0.6) is 0 Å². The average molecular weight is 484 g/mol. The average Bonchev–Trinajstić information content (AvgIpc) is 2.80. The lowest BCUT2D eigenvalue weighted by Gasteiger charge is -2.44. The second kappa shape index (κ2) is 10.4. The number of carboxylic acid groups (broad SMARTS) is 1. The zero-order valence-electron chi connectivity index (χ0n) is 17.7. The smallest absolute Gasteiger partial charge is 0.306 e.